The Bertz CT molecular complexity index is 644. The van der Waals surface area contributed by atoms with Crippen molar-refractivity contribution in [1.29, 1.82) is 0 Å². The lowest BCUT2D eigenvalue weighted by atomic mass is 10.3. The lowest BCUT2D eigenvalue weighted by Crippen LogP contribution is -2.04. The molecule has 1 aromatic carbocycles. The van der Waals surface area contributed by atoms with Gasteiger partial charge in [-0.25, -0.2) is 9.67 Å². The molecule has 3 aromatic rings. The number of anilines is 1. The Kier molecular flexibility index (Phi) is 1.79. The van der Waals surface area contributed by atoms with Crippen molar-refractivity contribution in [3.8, 4) is 5.95 Å². The first-order chi connectivity index (χ1) is 7.83. The number of aromatic nitrogens is 5. The fourth-order valence-corrected chi connectivity index (χ4v) is 1.42. The maximum atomic E-state index is 5.52. The number of hydrogen-bond acceptors (Lipinski definition) is 5. The van der Waals surface area contributed by atoms with Gasteiger partial charge in [-0.15, -0.1) is 15.3 Å². The zero-order valence-corrected chi connectivity index (χ0v) is 8.28. The summed E-state index contributed by atoms with van der Waals surface area (Å²) >= 11 is 0. The average molecular weight is 212 g/mol. The van der Waals surface area contributed by atoms with E-state index in [9.17, 15) is 0 Å². The zero-order valence-electron chi connectivity index (χ0n) is 8.28. The first kappa shape index (κ1) is 8.78. The van der Waals surface area contributed by atoms with Crippen molar-refractivity contribution in [2.75, 3.05) is 5.73 Å². The van der Waals surface area contributed by atoms with E-state index >= 15 is 0 Å². The quantitative estimate of drug-likeness (QED) is 0.644. The van der Waals surface area contributed by atoms with Crippen molar-refractivity contribution >= 4 is 16.9 Å². The van der Waals surface area contributed by atoms with Gasteiger partial charge in [0.1, 0.15) is 11.3 Å². The zero-order chi connectivity index (χ0) is 11.0. The fraction of sp³-hybridized carbons (Fsp3) is 0. The summed E-state index contributed by atoms with van der Waals surface area (Å²) < 4.78 is 1.49. The van der Waals surface area contributed by atoms with Gasteiger partial charge in [0.15, 0.2) is 0 Å². The van der Waals surface area contributed by atoms with Crippen LogP contribution in [0.3, 0.4) is 0 Å². The van der Waals surface area contributed by atoms with Crippen LogP contribution in [0, 0.1) is 0 Å². The minimum absolute atomic E-state index is 0.412. The monoisotopic (exact) mass is 212 g/mol. The van der Waals surface area contributed by atoms with Gasteiger partial charge >= 0.3 is 0 Å². The first-order valence-electron chi connectivity index (χ1n) is 4.74. The van der Waals surface area contributed by atoms with Crippen molar-refractivity contribution in [2.24, 2.45) is 0 Å². The number of nitrogens with zero attached hydrogens (tertiary/aromatic N) is 5. The van der Waals surface area contributed by atoms with Gasteiger partial charge in [-0.05, 0) is 12.1 Å². The molecule has 0 saturated heterocycles. The van der Waals surface area contributed by atoms with Crippen LogP contribution in [0.5, 0.6) is 0 Å². The molecule has 0 saturated carbocycles. The van der Waals surface area contributed by atoms with E-state index in [4.69, 9.17) is 5.73 Å². The minimum atomic E-state index is 0.412. The van der Waals surface area contributed by atoms with Gasteiger partial charge in [-0.1, -0.05) is 12.1 Å². The molecule has 0 amide bonds. The summed E-state index contributed by atoms with van der Waals surface area (Å²) in [5.74, 6) is 0.840. The van der Waals surface area contributed by atoms with E-state index in [0.717, 1.165) is 11.0 Å². The second-order valence-electron chi connectivity index (χ2n) is 3.29. The molecule has 2 aromatic heterocycles. The molecule has 0 aliphatic carbocycles. The molecule has 0 radical (unpaired) electrons. The van der Waals surface area contributed by atoms with Crippen molar-refractivity contribution in [3.05, 3.63) is 36.5 Å². The number of nitrogen functional groups attached to an aromatic ring is 1. The molecule has 6 heteroatoms. The van der Waals surface area contributed by atoms with Crippen LogP contribution >= 0.6 is 0 Å². The summed E-state index contributed by atoms with van der Waals surface area (Å²) in [6, 6.07) is 9.21. The first-order valence-corrected chi connectivity index (χ1v) is 4.74. The molecule has 0 aliphatic heterocycles. The van der Waals surface area contributed by atoms with Crippen molar-refractivity contribution in [1.82, 2.24) is 25.0 Å². The van der Waals surface area contributed by atoms with Crippen LogP contribution in [0.1, 0.15) is 0 Å². The summed E-state index contributed by atoms with van der Waals surface area (Å²) in [5.41, 5.74) is 7.06. The molecule has 0 atom stereocenters. The molecule has 2 heterocycles. The van der Waals surface area contributed by atoms with E-state index in [-0.39, 0.29) is 0 Å². The van der Waals surface area contributed by atoms with Crippen LogP contribution in [0.2, 0.25) is 0 Å². The summed E-state index contributed by atoms with van der Waals surface area (Å²) in [5, 5.41) is 12.0. The van der Waals surface area contributed by atoms with Gasteiger partial charge < -0.3 is 5.73 Å². The number of rotatable bonds is 1. The topological polar surface area (TPSA) is 82.5 Å². The number of hydrogen-bond donors (Lipinski definition) is 1. The second kappa shape index (κ2) is 3.27. The Balaban J connectivity index is 2.18. The molecule has 16 heavy (non-hydrogen) atoms. The molecule has 0 fully saturated rings. The fourth-order valence-electron chi connectivity index (χ4n) is 1.42. The Morgan fingerprint density at radius 1 is 1.00 bits per heavy atom. The number of nitrogens with two attached hydrogens (primary N) is 1. The van der Waals surface area contributed by atoms with Crippen molar-refractivity contribution < 1.29 is 0 Å². The van der Waals surface area contributed by atoms with Crippen molar-refractivity contribution in [2.45, 2.75) is 0 Å². The molecule has 0 aliphatic rings. The largest absolute Gasteiger partial charge is 0.382 e. The molecule has 6 nitrogen and oxygen atoms in total. The summed E-state index contributed by atoms with van der Waals surface area (Å²) in [6.45, 7) is 0. The Morgan fingerprint density at radius 3 is 2.56 bits per heavy atom. The molecular weight excluding hydrogens is 204 g/mol. The molecule has 0 spiro atoms. The van der Waals surface area contributed by atoms with Crippen molar-refractivity contribution in [3.63, 3.8) is 0 Å². The number of fused-ring (bicyclic) bond motifs is 1. The van der Waals surface area contributed by atoms with E-state index in [1.54, 1.807) is 12.3 Å². The summed E-state index contributed by atoms with van der Waals surface area (Å²) in [6.07, 6.45) is 1.70. The normalized spacial score (nSPS) is 10.8. The van der Waals surface area contributed by atoms with Crippen LogP contribution in [-0.2, 0) is 0 Å². The highest BCUT2D eigenvalue weighted by atomic mass is 15.4. The van der Waals surface area contributed by atoms with Crippen LogP contribution in [0.25, 0.3) is 17.0 Å². The third-order valence-electron chi connectivity index (χ3n) is 2.16. The SMILES string of the molecule is Nc1ccn(-c2nnc3ccccc3n2)n1. The van der Waals surface area contributed by atoms with E-state index in [0.29, 0.717) is 11.8 Å². The van der Waals surface area contributed by atoms with E-state index in [2.05, 4.69) is 20.3 Å². The van der Waals surface area contributed by atoms with Gasteiger partial charge in [0.05, 0.1) is 5.52 Å². The average Bonchev–Trinajstić information content (AvgIpc) is 2.75. The predicted octanol–water partition coefficient (Wildman–Crippen LogP) is 0.793. The standard InChI is InChI=1S/C10H8N6/c11-9-5-6-16(15-9)10-12-7-3-1-2-4-8(7)13-14-10/h1-6H,(H2,11,15). The molecule has 2 N–H and O–H groups in total. The van der Waals surface area contributed by atoms with Crippen LogP contribution in [-0.4, -0.2) is 25.0 Å². The molecule has 0 unspecified atom stereocenters. The third kappa shape index (κ3) is 1.36. The lowest BCUT2D eigenvalue weighted by Gasteiger charge is -1.99. The number of para-hydroxylation sites is 1. The highest BCUT2D eigenvalue weighted by Crippen LogP contribution is 2.09. The highest BCUT2D eigenvalue weighted by Gasteiger charge is 2.04. The Morgan fingerprint density at radius 2 is 1.81 bits per heavy atom. The van der Waals surface area contributed by atoms with E-state index in [1.807, 2.05) is 24.3 Å². The maximum Gasteiger partial charge on any atom is 0.270 e. The van der Waals surface area contributed by atoms with Gasteiger partial charge in [0, 0.05) is 12.3 Å². The van der Waals surface area contributed by atoms with E-state index in [1.165, 1.54) is 4.68 Å². The van der Waals surface area contributed by atoms with Crippen LogP contribution < -0.4 is 5.73 Å². The summed E-state index contributed by atoms with van der Waals surface area (Å²) in [4.78, 5) is 4.33. The smallest absolute Gasteiger partial charge is 0.270 e. The van der Waals surface area contributed by atoms with Gasteiger partial charge in [0.2, 0.25) is 0 Å². The highest BCUT2D eigenvalue weighted by molar-refractivity contribution is 5.73. The van der Waals surface area contributed by atoms with Crippen LogP contribution in [0.15, 0.2) is 36.5 Å². The van der Waals surface area contributed by atoms with Gasteiger partial charge in [-0.3, -0.25) is 0 Å². The third-order valence-corrected chi connectivity index (χ3v) is 2.16. The number of benzene rings is 1. The Hall–Kier alpha value is -2.50. The van der Waals surface area contributed by atoms with E-state index < -0.39 is 0 Å². The molecule has 78 valence electrons. The summed E-state index contributed by atoms with van der Waals surface area (Å²) in [7, 11) is 0. The van der Waals surface area contributed by atoms with Gasteiger partial charge in [0.25, 0.3) is 5.95 Å². The lowest BCUT2D eigenvalue weighted by molar-refractivity contribution is 0.790. The maximum absolute atomic E-state index is 5.52. The Labute approximate surface area is 90.7 Å². The minimum Gasteiger partial charge on any atom is -0.382 e. The predicted molar refractivity (Wildman–Crippen MR) is 58.9 cm³/mol. The molecular formula is C10H8N6. The van der Waals surface area contributed by atoms with Crippen LogP contribution in [0.4, 0.5) is 5.82 Å². The molecule has 0 bridgehead atoms. The van der Waals surface area contributed by atoms with Gasteiger partial charge in [-0.2, -0.15) is 0 Å². The molecule has 3 rings (SSSR count). The second-order valence-corrected chi connectivity index (χ2v) is 3.29.